The van der Waals surface area contributed by atoms with Gasteiger partial charge in [-0.3, -0.25) is 0 Å². The first-order valence-electron chi connectivity index (χ1n) is 7.85. The molecular weight excluding hydrogens is 328 g/mol. The van der Waals surface area contributed by atoms with Crippen LogP contribution in [0.5, 0.6) is 5.75 Å². The number of hydrogen-bond acceptors (Lipinski definition) is 5. The number of benzene rings is 2. The minimum absolute atomic E-state index is 0.0571. The Morgan fingerprint density at radius 3 is 2.52 bits per heavy atom. The van der Waals surface area contributed by atoms with Crippen LogP contribution in [0.25, 0.3) is 0 Å². The lowest BCUT2D eigenvalue weighted by atomic mass is 9.93. The zero-order chi connectivity index (χ0) is 17.2. The molecule has 0 saturated carbocycles. The minimum atomic E-state index is -2.83. The Labute approximate surface area is 142 Å². The minimum Gasteiger partial charge on any atom is -0.435 e. The summed E-state index contributed by atoms with van der Waals surface area (Å²) in [6, 6.07) is 16.6. The summed E-state index contributed by atoms with van der Waals surface area (Å²) >= 11 is 0. The van der Waals surface area contributed by atoms with Crippen molar-refractivity contribution in [2.75, 3.05) is 5.32 Å². The average molecular weight is 343 g/mol. The van der Waals surface area contributed by atoms with E-state index >= 15 is 0 Å². The van der Waals surface area contributed by atoms with Gasteiger partial charge in [0.15, 0.2) is 0 Å². The number of halogens is 2. The van der Waals surface area contributed by atoms with Gasteiger partial charge in [0, 0.05) is 0 Å². The summed E-state index contributed by atoms with van der Waals surface area (Å²) in [5, 5.41) is 15.2. The molecule has 0 bridgehead atoms. The highest BCUT2D eigenvalue weighted by Crippen LogP contribution is 2.37. The standard InChI is InChI=1S/C17H15F2N5O/c18-16(19)25-13-8-6-12(7-9-13)15-10-14(11-4-2-1-3-5-11)20-17-21-22-23-24(15)17/h1-9,14-16H,10H2,(H,20,21,23)/t14-,15-/m1/s1. The molecule has 0 unspecified atom stereocenters. The lowest BCUT2D eigenvalue weighted by Gasteiger charge is -2.31. The van der Waals surface area contributed by atoms with Crippen LogP contribution in [-0.4, -0.2) is 26.8 Å². The molecule has 1 N–H and O–H groups in total. The van der Waals surface area contributed by atoms with Gasteiger partial charge in [0.2, 0.25) is 5.95 Å². The van der Waals surface area contributed by atoms with E-state index in [0.29, 0.717) is 5.95 Å². The number of nitrogens with zero attached hydrogens (tertiary/aromatic N) is 4. The van der Waals surface area contributed by atoms with Gasteiger partial charge in [0.1, 0.15) is 5.75 Å². The van der Waals surface area contributed by atoms with E-state index < -0.39 is 6.61 Å². The molecule has 3 aromatic rings. The van der Waals surface area contributed by atoms with Crippen molar-refractivity contribution in [1.29, 1.82) is 0 Å². The molecule has 2 heterocycles. The van der Waals surface area contributed by atoms with Gasteiger partial charge >= 0.3 is 6.61 Å². The van der Waals surface area contributed by atoms with Gasteiger partial charge in [-0.1, -0.05) is 47.6 Å². The molecule has 0 fully saturated rings. The first-order valence-corrected chi connectivity index (χ1v) is 7.85. The van der Waals surface area contributed by atoms with Crippen LogP contribution in [0.2, 0.25) is 0 Å². The van der Waals surface area contributed by atoms with Gasteiger partial charge in [-0.15, -0.1) is 0 Å². The van der Waals surface area contributed by atoms with E-state index in [9.17, 15) is 8.78 Å². The molecule has 0 spiro atoms. The van der Waals surface area contributed by atoms with E-state index in [1.807, 2.05) is 30.3 Å². The largest absolute Gasteiger partial charge is 0.435 e. The highest BCUT2D eigenvalue weighted by Gasteiger charge is 2.30. The van der Waals surface area contributed by atoms with Gasteiger partial charge < -0.3 is 10.1 Å². The fourth-order valence-electron chi connectivity index (χ4n) is 3.09. The van der Waals surface area contributed by atoms with Crippen LogP contribution >= 0.6 is 0 Å². The predicted octanol–water partition coefficient (Wildman–Crippen LogP) is 3.42. The number of hydrogen-bond donors (Lipinski definition) is 1. The fourth-order valence-corrected chi connectivity index (χ4v) is 3.09. The van der Waals surface area contributed by atoms with Crippen molar-refractivity contribution in [3.05, 3.63) is 65.7 Å². The fraction of sp³-hybridized carbons (Fsp3) is 0.235. The van der Waals surface area contributed by atoms with Crippen LogP contribution in [0.3, 0.4) is 0 Å². The molecule has 25 heavy (non-hydrogen) atoms. The molecule has 8 heteroatoms. The van der Waals surface area contributed by atoms with Crippen molar-refractivity contribution >= 4 is 5.95 Å². The Hall–Kier alpha value is -3.03. The number of anilines is 1. The summed E-state index contributed by atoms with van der Waals surface area (Å²) in [7, 11) is 0. The molecule has 2 aromatic carbocycles. The maximum atomic E-state index is 12.3. The van der Waals surface area contributed by atoms with Gasteiger partial charge in [0.25, 0.3) is 0 Å². The summed E-state index contributed by atoms with van der Waals surface area (Å²) in [5.41, 5.74) is 2.07. The Morgan fingerprint density at radius 2 is 1.80 bits per heavy atom. The molecule has 0 amide bonds. The number of aromatic nitrogens is 4. The van der Waals surface area contributed by atoms with E-state index in [2.05, 4.69) is 25.6 Å². The Bertz CT molecular complexity index is 838. The molecule has 1 aliphatic rings. The van der Waals surface area contributed by atoms with Crippen molar-refractivity contribution in [2.24, 2.45) is 0 Å². The van der Waals surface area contributed by atoms with Gasteiger partial charge in [-0.25, -0.2) is 4.68 Å². The first kappa shape index (κ1) is 15.5. The number of nitrogens with one attached hydrogen (secondary N) is 1. The van der Waals surface area contributed by atoms with Crippen molar-refractivity contribution in [3.63, 3.8) is 0 Å². The third kappa shape index (κ3) is 3.15. The third-order valence-corrected chi connectivity index (χ3v) is 4.24. The smallest absolute Gasteiger partial charge is 0.387 e. The number of tetrazole rings is 1. The van der Waals surface area contributed by atoms with Crippen LogP contribution in [-0.2, 0) is 0 Å². The van der Waals surface area contributed by atoms with Gasteiger partial charge in [-0.2, -0.15) is 8.78 Å². The molecule has 2 atom stereocenters. The number of fused-ring (bicyclic) bond motifs is 1. The molecule has 128 valence electrons. The maximum absolute atomic E-state index is 12.3. The van der Waals surface area contributed by atoms with Crippen LogP contribution in [0.1, 0.15) is 29.6 Å². The monoisotopic (exact) mass is 343 g/mol. The van der Waals surface area contributed by atoms with E-state index in [1.165, 1.54) is 12.1 Å². The average Bonchev–Trinajstić information content (AvgIpc) is 3.10. The topological polar surface area (TPSA) is 64.9 Å². The summed E-state index contributed by atoms with van der Waals surface area (Å²) < 4.78 is 30.7. The van der Waals surface area contributed by atoms with Crippen LogP contribution in [0, 0.1) is 0 Å². The highest BCUT2D eigenvalue weighted by atomic mass is 19.3. The normalized spacial score (nSPS) is 19.3. The van der Waals surface area contributed by atoms with Crippen LogP contribution in [0.4, 0.5) is 14.7 Å². The van der Waals surface area contributed by atoms with Gasteiger partial charge in [0.05, 0.1) is 12.1 Å². The second-order valence-corrected chi connectivity index (χ2v) is 5.75. The summed E-state index contributed by atoms with van der Waals surface area (Å²) in [4.78, 5) is 0. The second kappa shape index (κ2) is 6.46. The molecule has 1 aliphatic heterocycles. The Balaban J connectivity index is 1.64. The SMILES string of the molecule is FC(F)Oc1ccc([C@H]2C[C@H](c3ccccc3)Nc3nnnn32)cc1. The molecule has 0 saturated heterocycles. The molecular formula is C17H15F2N5O. The van der Waals surface area contributed by atoms with Crippen molar-refractivity contribution in [1.82, 2.24) is 20.2 Å². The lowest BCUT2D eigenvalue weighted by molar-refractivity contribution is -0.0498. The van der Waals surface area contributed by atoms with E-state index in [4.69, 9.17) is 0 Å². The van der Waals surface area contributed by atoms with Crippen LogP contribution < -0.4 is 10.1 Å². The highest BCUT2D eigenvalue weighted by molar-refractivity contribution is 5.38. The number of alkyl halides is 2. The Morgan fingerprint density at radius 1 is 1.04 bits per heavy atom. The quantitative estimate of drug-likeness (QED) is 0.786. The second-order valence-electron chi connectivity index (χ2n) is 5.75. The first-order chi connectivity index (χ1) is 12.2. The van der Waals surface area contributed by atoms with E-state index in [0.717, 1.165) is 17.5 Å². The third-order valence-electron chi connectivity index (χ3n) is 4.24. The molecule has 0 aliphatic carbocycles. The zero-order valence-electron chi connectivity index (χ0n) is 13.1. The predicted molar refractivity (Wildman–Crippen MR) is 86.5 cm³/mol. The molecule has 4 rings (SSSR count). The summed E-state index contributed by atoms with van der Waals surface area (Å²) in [6.07, 6.45) is 0.733. The van der Waals surface area contributed by atoms with Crippen molar-refractivity contribution < 1.29 is 13.5 Å². The summed E-state index contributed by atoms with van der Waals surface area (Å²) in [6.45, 7) is -2.83. The van der Waals surface area contributed by atoms with E-state index in [1.54, 1.807) is 16.8 Å². The number of ether oxygens (including phenoxy) is 1. The zero-order valence-corrected chi connectivity index (χ0v) is 13.1. The maximum Gasteiger partial charge on any atom is 0.387 e. The lowest BCUT2D eigenvalue weighted by Crippen LogP contribution is -2.28. The number of rotatable bonds is 4. The van der Waals surface area contributed by atoms with Crippen LogP contribution in [0.15, 0.2) is 54.6 Å². The van der Waals surface area contributed by atoms with Crippen molar-refractivity contribution in [3.8, 4) is 5.75 Å². The van der Waals surface area contributed by atoms with Gasteiger partial charge in [-0.05, 0) is 40.1 Å². The Kier molecular flexibility index (Phi) is 4.01. The molecule has 6 nitrogen and oxygen atoms in total. The van der Waals surface area contributed by atoms with Crippen molar-refractivity contribution in [2.45, 2.75) is 25.1 Å². The molecule has 0 radical (unpaired) electrons. The van der Waals surface area contributed by atoms with E-state index in [-0.39, 0.29) is 17.8 Å². The molecule has 1 aromatic heterocycles. The summed E-state index contributed by atoms with van der Waals surface area (Å²) in [5.74, 6) is 0.710.